The highest BCUT2D eigenvalue weighted by molar-refractivity contribution is 7.07. The number of rotatable bonds is 5. The highest BCUT2D eigenvalue weighted by atomic mass is 32.1. The van der Waals surface area contributed by atoms with E-state index in [0.29, 0.717) is 0 Å². The molecule has 0 atom stereocenters. The van der Waals surface area contributed by atoms with Crippen molar-refractivity contribution in [1.29, 1.82) is 0 Å². The number of hydrogen-bond donors (Lipinski definition) is 1. The largest absolute Gasteiger partial charge is 0.383 e. The van der Waals surface area contributed by atoms with Crippen LogP contribution in [0.5, 0.6) is 0 Å². The molecule has 13 heavy (non-hydrogen) atoms. The minimum absolute atomic E-state index is 0.0523. The first-order chi connectivity index (χ1) is 6.14. The summed E-state index contributed by atoms with van der Waals surface area (Å²) in [5, 5.41) is 7.70. The van der Waals surface area contributed by atoms with Crippen molar-refractivity contribution in [3.05, 3.63) is 22.4 Å². The maximum Gasteiger partial charge on any atom is 0.0639 e. The van der Waals surface area contributed by atoms with Crippen LogP contribution in [0.25, 0.3) is 0 Å². The summed E-state index contributed by atoms with van der Waals surface area (Å²) in [4.78, 5) is 0. The Hall–Kier alpha value is -0.380. The summed E-state index contributed by atoms with van der Waals surface area (Å²) in [5.41, 5.74) is 1.39. The molecular formula is C10H17NOS. The van der Waals surface area contributed by atoms with Gasteiger partial charge in [-0.15, -0.1) is 0 Å². The van der Waals surface area contributed by atoms with Gasteiger partial charge in [-0.1, -0.05) is 0 Å². The zero-order chi connectivity index (χ0) is 9.73. The fourth-order valence-corrected chi connectivity index (χ4v) is 1.82. The van der Waals surface area contributed by atoms with E-state index in [1.54, 1.807) is 18.4 Å². The van der Waals surface area contributed by atoms with E-state index in [1.165, 1.54) is 5.56 Å². The zero-order valence-electron chi connectivity index (χ0n) is 8.46. The van der Waals surface area contributed by atoms with E-state index in [-0.39, 0.29) is 5.54 Å². The Morgan fingerprint density at radius 3 is 2.85 bits per heavy atom. The number of methoxy groups -OCH3 is 1. The minimum Gasteiger partial charge on any atom is -0.383 e. The van der Waals surface area contributed by atoms with Gasteiger partial charge in [-0.2, -0.15) is 11.3 Å². The van der Waals surface area contributed by atoms with Gasteiger partial charge in [0.15, 0.2) is 0 Å². The van der Waals surface area contributed by atoms with Crippen LogP contribution in [0.2, 0.25) is 0 Å². The van der Waals surface area contributed by atoms with Crippen LogP contribution in [-0.2, 0) is 11.3 Å². The number of nitrogens with one attached hydrogen (secondary N) is 1. The smallest absolute Gasteiger partial charge is 0.0639 e. The first kappa shape index (κ1) is 10.7. The van der Waals surface area contributed by atoms with E-state index < -0.39 is 0 Å². The fourth-order valence-electron chi connectivity index (χ4n) is 1.15. The lowest BCUT2D eigenvalue weighted by Gasteiger charge is -2.25. The van der Waals surface area contributed by atoms with Gasteiger partial charge in [0.05, 0.1) is 6.61 Å². The van der Waals surface area contributed by atoms with Crippen molar-refractivity contribution in [1.82, 2.24) is 5.32 Å². The summed E-state index contributed by atoms with van der Waals surface area (Å²) in [6, 6.07) is 2.14. The fraction of sp³-hybridized carbons (Fsp3) is 0.600. The molecule has 2 nitrogen and oxygen atoms in total. The first-order valence-corrected chi connectivity index (χ1v) is 5.33. The molecule has 0 saturated heterocycles. The molecule has 0 saturated carbocycles. The van der Waals surface area contributed by atoms with Crippen LogP contribution in [0.15, 0.2) is 16.8 Å². The van der Waals surface area contributed by atoms with Crippen LogP contribution < -0.4 is 5.32 Å². The zero-order valence-corrected chi connectivity index (χ0v) is 9.28. The molecule has 0 bridgehead atoms. The van der Waals surface area contributed by atoms with Crippen molar-refractivity contribution >= 4 is 11.3 Å². The van der Waals surface area contributed by atoms with Crippen LogP contribution in [0.4, 0.5) is 0 Å². The number of thiophene rings is 1. The van der Waals surface area contributed by atoms with E-state index in [9.17, 15) is 0 Å². The van der Waals surface area contributed by atoms with Gasteiger partial charge in [-0.05, 0) is 36.2 Å². The minimum atomic E-state index is 0.0523. The highest BCUT2D eigenvalue weighted by Gasteiger charge is 2.15. The van der Waals surface area contributed by atoms with Crippen molar-refractivity contribution in [2.24, 2.45) is 0 Å². The molecule has 3 heteroatoms. The lowest BCUT2D eigenvalue weighted by molar-refractivity contribution is 0.128. The number of hydrogen-bond acceptors (Lipinski definition) is 3. The third-order valence-electron chi connectivity index (χ3n) is 1.86. The highest BCUT2D eigenvalue weighted by Crippen LogP contribution is 2.08. The Labute approximate surface area is 83.9 Å². The molecule has 0 unspecified atom stereocenters. The SMILES string of the molecule is COCC(C)(C)NCc1ccsc1. The van der Waals surface area contributed by atoms with Crippen LogP contribution >= 0.6 is 11.3 Å². The molecule has 0 fully saturated rings. The quantitative estimate of drug-likeness (QED) is 0.785. The summed E-state index contributed by atoms with van der Waals surface area (Å²) in [5.74, 6) is 0. The van der Waals surface area contributed by atoms with Gasteiger partial charge < -0.3 is 10.1 Å². The molecule has 0 spiro atoms. The normalized spacial score (nSPS) is 11.9. The van der Waals surface area contributed by atoms with Gasteiger partial charge in [0.25, 0.3) is 0 Å². The molecule has 1 aromatic rings. The predicted molar refractivity (Wildman–Crippen MR) is 57.1 cm³/mol. The van der Waals surface area contributed by atoms with E-state index in [0.717, 1.165) is 13.2 Å². The van der Waals surface area contributed by atoms with E-state index in [2.05, 4.69) is 36.0 Å². The third-order valence-corrected chi connectivity index (χ3v) is 2.59. The van der Waals surface area contributed by atoms with Crippen molar-refractivity contribution in [2.45, 2.75) is 25.9 Å². The summed E-state index contributed by atoms with van der Waals surface area (Å²) in [6.07, 6.45) is 0. The summed E-state index contributed by atoms with van der Waals surface area (Å²) in [7, 11) is 1.73. The van der Waals surface area contributed by atoms with Crippen molar-refractivity contribution < 1.29 is 4.74 Å². The van der Waals surface area contributed by atoms with Gasteiger partial charge in [0.1, 0.15) is 0 Å². The third kappa shape index (κ3) is 3.89. The molecule has 0 amide bonds. The molecule has 1 N–H and O–H groups in total. The van der Waals surface area contributed by atoms with Gasteiger partial charge in [0.2, 0.25) is 0 Å². The Kier molecular flexibility index (Phi) is 3.90. The van der Waals surface area contributed by atoms with E-state index in [4.69, 9.17) is 4.74 Å². The molecule has 0 radical (unpaired) electrons. The van der Waals surface area contributed by atoms with Crippen LogP contribution in [0.3, 0.4) is 0 Å². The predicted octanol–water partition coefficient (Wildman–Crippen LogP) is 2.26. The molecule has 1 rings (SSSR count). The van der Waals surface area contributed by atoms with Crippen molar-refractivity contribution in [3.8, 4) is 0 Å². The molecular weight excluding hydrogens is 182 g/mol. The monoisotopic (exact) mass is 199 g/mol. The number of ether oxygens (including phenoxy) is 1. The van der Waals surface area contributed by atoms with Crippen LogP contribution in [0.1, 0.15) is 19.4 Å². The average Bonchev–Trinajstić information content (AvgIpc) is 2.52. The Morgan fingerprint density at radius 2 is 2.31 bits per heavy atom. The molecule has 1 aromatic heterocycles. The molecule has 0 aromatic carbocycles. The van der Waals surface area contributed by atoms with Crippen molar-refractivity contribution in [3.63, 3.8) is 0 Å². The second-order valence-electron chi connectivity index (χ2n) is 3.80. The van der Waals surface area contributed by atoms with E-state index >= 15 is 0 Å². The maximum absolute atomic E-state index is 5.12. The molecule has 0 aliphatic heterocycles. The second-order valence-corrected chi connectivity index (χ2v) is 4.58. The molecule has 1 heterocycles. The van der Waals surface area contributed by atoms with Crippen LogP contribution in [-0.4, -0.2) is 19.3 Å². The second kappa shape index (κ2) is 4.74. The van der Waals surface area contributed by atoms with Gasteiger partial charge in [-0.25, -0.2) is 0 Å². The standard InChI is InChI=1S/C10H17NOS/c1-10(2,8-12-3)11-6-9-4-5-13-7-9/h4-5,7,11H,6,8H2,1-3H3. The maximum atomic E-state index is 5.12. The molecule has 0 aliphatic carbocycles. The van der Waals surface area contributed by atoms with E-state index in [1.807, 2.05) is 0 Å². The summed E-state index contributed by atoms with van der Waals surface area (Å²) in [6.45, 7) is 5.93. The lowest BCUT2D eigenvalue weighted by atomic mass is 10.1. The van der Waals surface area contributed by atoms with Crippen LogP contribution in [0, 0.1) is 0 Å². The lowest BCUT2D eigenvalue weighted by Crippen LogP contribution is -2.42. The average molecular weight is 199 g/mol. The Bertz CT molecular complexity index is 231. The topological polar surface area (TPSA) is 21.3 Å². The first-order valence-electron chi connectivity index (χ1n) is 4.39. The van der Waals surface area contributed by atoms with Crippen molar-refractivity contribution in [2.75, 3.05) is 13.7 Å². The summed E-state index contributed by atoms with van der Waals surface area (Å²) >= 11 is 1.73. The molecule has 0 aliphatic rings. The Morgan fingerprint density at radius 1 is 1.54 bits per heavy atom. The van der Waals surface area contributed by atoms with Gasteiger partial charge >= 0.3 is 0 Å². The van der Waals surface area contributed by atoms with Gasteiger partial charge in [-0.3, -0.25) is 0 Å². The molecule has 74 valence electrons. The van der Waals surface area contributed by atoms with Gasteiger partial charge in [0, 0.05) is 19.2 Å². The summed E-state index contributed by atoms with van der Waals surface area (Å²) < 4.78 is 5.12. The Balaban J connectivity index is 2.33.